The molecule has 0 aliphatic carbocycles. The molecule has 0 saturated carbocycles. The van der Waals surface area contributed by atoms with Gasteiger partial charge in [-0.15, -0.1) is 0 Å². The van der Waals surface area contributed by atoms with E-state index in [0.29, 0.717) is 24.8 Å². The number of hydrogen-bond acceptors (Lipinski definition) is 4. The zero-order chi connectivity index (χ0) is 13.5. The van der Waals surface area contributed by atoms with Crippen LogP contribution in [0.2, 0.25) is 0 Å². The van der Waals surface area contributed by atoms with Crippen LogP contribution in [0.1, 0.15) is 18.9 Å². The summed E-state index contributed by atoms with van der Waals surface area (Å²) >= 11 is 0. The molecule has 0 bridgehead atoms. The van der Waals surface area contributed by atoms with Gasteiger partial charge in [-0.1, -0.05) is 25.1 Å². The Labute approximate surface area is 113 Å². The largest absolute Gasteiger partial charge is 0.490 e. The number of pyridine rings is 1. The maximum absolute atomic E-state index is 5.73. The van der Waals surface area contributed by atoms with Crippen molar-refractivity contribution in [1.82, 2.24) is 4.98 Å². The SMILES string of the molecule is CCCOc1ccccc1Oc1ccc(CN)cn1. The van der Waals surface area contributed by atoms with E-state index in [2.05, 4.69) is 11.9 Å². The van der Waals surface area contributed by atoms with Crippen LogP contribution in [0.15, 0.2) is 42.6 Å². The first-order valence-corrected chi connectivity index (χ1v) is 6.38. The third-order valence-electron chi connectivity index (χ3n) is 2.56. The van der Waals surface area contributed by atoms with E-state index in [1.54, 1.807) is 12.3 Å². The lowest BCUT2D eigenvalue weighted by molar-refractivity contribution is 0.301. The molecule has 0 saturated heterocycles. The molecule has 1 heterocycles. The summed E-state index contributed by atoms with van der Waals surface area (Å²) in [7, 11) is 0. The number of para-hydroxylation sites is 2. The number of benzene rings is 1. The van der Waals surface area contributed by atoms with Crippen LogP contribution in [0.5, 0.6) is 17.4 Å². The van der Waals surface area contributed by atoms with Crippen molar-refractivity contribution in [3.05, 3.63) is 48.2 Å². The number of aromatic nitrogens is 1. The first-order valence-electron chi connectivity index (χ1n) is 6.38. The standard InChI is InChI=1S/C15H18N2O2/c1-2-9-18-13-5-3-4-6-14(13)19-15-8-7-12(10-16)11-17-15/h3-8,11H,2,9-10,16H2,1H3. The summed E-state index contributed by atoms with van der Waals surface area (Å²) in [6.07, 6.45) is 2.67. The second kappa shape index (κ2) is 6.75. The topological polar surface area (TPSA) is 57.4 Å². The van der Waals surface area contributed by atoms with E-state index in [1.807, 2.05) is 30.3 Å². The second-order valence-electron chi connectivity index (χ2n) is 4.11. The Balaban J connectivity index is 2.12. The Morgan fingerprint density at radius 1 is 1.11 bits per heavy atom. The molecule has 1 aromatic carbocycles. The number of rotatable bonds is 6. The molecule has 0 aliphatic rings. The molecule has 0 fully saturated rings. The highest BCUT2D eigenvalue weighted by atomic mass is 16.5. The molecule has 2 rings (SSSR count). The highest BCUT2D eigenvalue weighted by molar-refractivity contribution is 5.41. The molecule has 2 aromatic rings. The van der Waals surface area contributed by atoms with Gasteiger partial charge in [-0.05, 0) is 24.1 Å². The molecule has 0 spiro atoms. The van der Waals surface area contributed by atoms with Crippen LogP contribution in [-0.2, 0) is 6.54 Å². The number of nitrogens with zero attached hydrogens (tertiary/aromatic N) is 1. The fourth-order valence-corrected chi connectivity index (χ4v) is 1.57. The Morgan fingerprint density at radius 2 is 1.89 bits per heavy atom. The molecule has 0 radical (unpaired) electrons. The fraction of sp³-hybridized carbons (Fsp3) is 0.267. The van der Waals surface area contributed by atoms with Crippen molar-refractivity contribution in [1.29, 1.82) is 0 Å². The third-order valence-corrected chi connectivity index (χ3v) is 2.56. The van der Waals surface area contributed by atoms with Crippen molar-refractivity contribution in [2.24, 2.45) is 5.73 Å². The maximum atomic E-state index is 5.73. The summed E-state index contributed by atoms with van der Waals surface area (Å²) in [6, 6.07) is 11.3. The van der Waals surface area contributed by atoms with E-state index in [-0.39, 0.29) is 0 Å². The van der Waals surface area contributed by atoms with Gasteiger partial charge in [0.2, 0.25) is 5.88 Å². The molecule has 4 heteroatoms. The summed E-state index contributed by atoms with van der Waals surface area (Å²) in [5.74, 6) is 1.93. The van der Waals surface area contributed by atoms with Crippen molar-refractivity contribution >= 4 is 0 Å². The summed E-state index contributed by atoms with van der Waals surface area (Å²) in [6.45, 7) is 3.21. The minimum atomic E-state index is 0.476. The first-order chi connectivity index (χ1) is 9.33. The molecule has 19 heavy (non-hydrogen) atoms. The van der Waals surface area contributed by atoms with Gasteiger partial charge in [0.15, 0.2) is 11.5 Å². The Hall–Kier alpha value is -2.07. The predicted octanol–water partition coefficient (Wildman–Crippen LogP) is 3.12. The van der Waals surface area contributed by atoms with E-state index in [0.717, 1.165) is 17.7 Å². The van der Waals surface area contributed by atoms with Gasteiger partial charge in [0, 0.05) is 18.8 Å². The van der Waals surface area contributed by atoms with E-state index < -0.39 is 0 Å². The van der Waals surface area contributed by atoms with E-state index in [9.17, 15) is 0 Å². The number of nitrogens with two attached hydrogens (primary N) is 1. The zero-order valence-electron chi connectivity index (χ0n) is 11.0. The molecule has 100 valence electrons. The van der Waals surface area contributed by atoms with Crippen LogP contribution in [0, 0.1) is 0 Å². The molecular weight excluding hydrogens is 240 g/mol. The van der Waals surface area contributed by atoms with Crippen molar-refractivity contribution in [2.75, 3.05) is 6.61 Å². The Bertz CT molecular complexity index is 512. The van der Waals surface area contributed by atoms with Crippen LogP contribution in [-0.4, -0.2) is 11.6 Å². The lowest BCUT2D eigenvalue weighted by Crippen LogP contribution is -1.99. The van der Waals surface area contributed by atoms with Crippen molar-refractivity contribution in [2.45, 2.75) is 19.9 Å². The smallest absolute Gasteiger partial charge is 0.219 e. The summed E-state index contributed by atoms with van der Waals surface area (Å²) < 4.78 is 11.4. The van der Waals surface area contributed by atoms with Gasteiger partial charge in [-0.3, -0.25) is 0 Å². The normalized spacial score (nSPS) is 10.2. The minimum Gasteiger partial charge on any atom is -0.490 e. The predicted molar refractivity (Wildman–Crippen MR) is 74.4 cm³/mol. The lowest BCUT2D eigenvalue weighted by Gasteiger charge is -2.11. The fourth-order valence-electron chi connectivity index (χ4n) is 1.57. The van der Waals surface area contributed by atoms with Crippen LogP contribution in [0.3, 0.4) is 0 Å². The van der Waals surface area contributed by atoms with Crippen LogP contribution in [0.4, 0.5) is 0 Å². The summed E-state index contributed by atoms with van der Waals surface area (Å²) in [4.78, 5) is 4.21. The van der Waals surface area contributed by atoms with E-state index in [1.165, 1.54) is 0 Å². The van der Waals surface area contributed by atoms with Crippen LogP contribution in [0.25, 0.3) is 0 Å². The molecule has 0 atom stereocenters. The quantitative estimate of drug-likeness (QED) is 0.864. The van der Waals surface area contributed by atoms with Crippen molar-refractivity contribution in [3.8, 4) is 17.4 Å². The minimum absolute atomic E-state index is 0.476. The molecule has 1 aromatic heterocycles. The van der Waals surface area contributed by atoms with Gasteiger partial charge in [0.1, 0.15) is 0 Å². The van der Waals surface area contributed by atoms with Crippen LogP contribution >= 0.6 is 0 Å². The molecule has 0 aliphatic heterocycles. The molecule has 4 nitrogen and oxygen atoms in total. The Kier molecular flexibility index (Phi) is 4.75. The first kappa shape index (κ1) is 13.4. The average Bonchev–Trinajstić information content (AvgIpc) is 2.47. The van der Waals surface area contributed by atoms with Gasteiger partial charge in [0.25, 0.3) is 0 Å². The molecule has 2 N–H and O–H groups in total. The maximum Gasteiger partial charge on any atom is 0.219 e. The summed E-state index contributed by atoms with van der Waals surface area (Å²) in [5.41, 5.74) is 6.51. The summed E-state index contributed by atoms with van der Waals surface area (Å²) in [5, 5.41) is 0. The van der Waals surface area contributed by atoms with E-state index in [4.69, 9.17) is 15.2 Å². The molecule has 0 unspecified atom stereocenters. The number of ether oxygens (including phenoxy) is 2. The van der Waals surface area contributed by atoms with Crippen LogP contribution < -0.4 is 15.2 Å². The number of hydrogen-bond donors (Lipinski definition) is 1. The van der Waals surface area contributed by atoms with Gasteiger partial charge >= 0.3 is 0 Å². The lowest BCUT2D eigenvalue weighted by atomic mass is 10.3. The Morgan fingerprint density at radius 3 is 2.53 bits per heavy atom. The van der Waals surface area contributed by atoms with Crippen molar-refractivity contribution in [3.63, 3.8) is 0 Å². The second-order valence-corrected chi connectivity index (χ2v) is 4.11. The highest BCUT2D eigenvalue weighted by Gasteiger charge is 2.06. The van der Waals surface area contributed by atoms with Gasteiger partial charge in [-0.2, -0.15) is 0 Å². The monoisotopic (exact) mass is 258 g/mol. The van der Waals surface area contributed by atoms with E-state index >= 15 is 0 Å². The third kappa shape index (κ3) is 3.69. The average molecular weight is 258 g/mol. The molecule has 0 amide bonds. The molecular formula is C15H18N2O2. The zero-order valence-corrected chi connectivity index (χ0v) is 11.0. The van der Waals surface area contributed by atoms with Crippen molar-refractivity contribution < 1.29 is 9.47 Å². The van der Waals surface area contributed by atoms with Gasteiger partial charge < -0.3 is 15.2 Å². The van der Waals surface area contributed by atoms with Gasteiger partial charge in [0.05, 0.1) is 6.61 Å². The van der Waals surface area contributed by atoms with Gasteiger partial charge in [-0.25, -0.2) is 4.98 Å². The highest BCUT2D eigenvalue weighted by Crippen LogP contribution is 2.30.